The quantitative estimate of drug-likeness (QED) is 0.627. The predicted octanol–water partition coefficient (Wildman–Crippen LogP) is 1.69. The molecular formula is C12H7N5. The zero-order chi connectivity index (χ0) is 11.7. The zero-order valence-corrected chi connectivity index (χ0v) is 8.78. The maximum atomic E-state index is 8.71. The van der Waals surface area contributed by atoms with E-state index in [0.29, 0.717) is 0 Å². The van der Waals surface area contributed by atoms with Crippen molar-refractivity contribution in [1.82, 2.24) is 19.7 Å². The first-order valence-electron chi connectivity index (χ1n) is 5.04. The van der Waals surface area contributed by atoms with Crippen LogP contribution in [0, 0.1) is 11.3 Å². The fourth-order valence-corrected chi connectivity index (χ4v) is 1.71. The van der Waals surface area contributed by atoms with Crippen LogP contribution in [0.2, 0.25) is 0 Å². The van der Waals surface area contributed by atoms with Crippen molar-refractivity contribution in [3.8, 4) is 11.8 Å². The summed E-state index contributed by atoms with van der Waals surface area (Å²) >= 11 is 0. The minimum atomic E-state index is 0.158. The van der Waals surface area contributed by atoms with Gasteiger partial charge in [-0.15, -0.1) is 5.10 Å². The number of pyridine rings is 1. The predicted molar refractivity (Wildman–Crippen MR) is 61.4 cm³/mol. The molecule has 17 heavy (non-hydrogen) atoms. The molecule has 2 aromatic heterocycles. The molecule has 0 atom stereocenters. The van der Waals surface area contributed by atoms with Crippen molar-refractivity contribution in [3.05, 3.63) is 48.7 Å². The Morgan fingerprint density at radius 3 is 2.82 bits per heavy atom. The Bertz CT molecular complexity index is 718. The zero-order valence-electron chi connectivity index (χ0n) is 8.78. The van der Waals surface area contributed by atoms with E-state index in [9.17, 15) is 0 Å². The van der Waals surface area contributed by atoms with E-state index < -0.39 is 0 Å². The summed E-state index contributed by atoms with van der Waals surface area (Å²) in [5.41, 5.74) is 1.75. The third kappa shape index (κ3) is 1.52. The second-order valence-electron chi connectivity index (χ2n) is 3.47. The Morgan fingerprint density at radius 1 is 1.12 bits per heavy atom. The summed E-state index contributed by atoms with van der Waals surface area (Å²) in [6, 6.07) is 11.5. The second-order valence-corrected chi connectivity index (χ2v) is 3.47. The molecule has 1 aromatic carbocycles. The van der Waals surface area contributed by atoms with Crippen LogP contribution in [-0.4, -0.2) is 19.7 Å². The van der Waals surface area contributed by atoms with Crippen LogP contribution in [0.5, 0.6) is 0 Å². The summed E-state index contributed by atoms with van der Waals surface area (Å²) in [6.45, 7) is 0. The average molecular weight is 221 g/mol. The number of benzene rings is 1. The summed E-state index contributed by atoms with van der Waals surface area (Å²) in [7, 11) is 0. The Hall–Kier alpha value is -2.74. The summed E-state index contributed by atoms with van der Waals surface area (Å²) in [6.07, 6.45) is 3.24. The van der Waals surface area contributed by atoms with E-state index in [1.54, 1.807) is 10.9 Å². The van der Waals surface area contributed by atoms with Gasteiger partial charge in [0.1, 0.15) is 12.4 Å². The number of nitriles is 1. The normalized spacial score (nSPS) is 10.3. The van der Waals surface area contributed by atoms with E-state index in [2.05, 4.69) is 15.1 Å². The van der Waals surface area contributed by atoms with Crippen LogP contribution in [0.25, 0.3) is 16.6 Å². The van der Waals surface area contributed by atoms with Gasteiger partial charge in [-0.2, -0.15) is 5.26 Å². The molecule has 80 valence electrons. The maximum absolute atomic E-state index is 8.71. The number of para-hydroxylation sites is 1. The van der Waals surface area contributed by atoms with Gasteiger partial charge in [-0.05, 0) is 12.1 Å². The van der Waals surface area contributed by atoms with Gasteiger partial charge in [0.2, 0.25) is 0 Å². The first-order chi connectivity index (χ1) is 8.38. The smallest absolute Gasteiger partial charge is 0.252 e. The van der Waals surface area contributed by atoms with Crippen molar-refractivity contribution in [2.75, 3.05) is 0 Å². The molecule has 5 nitrogen and oxygen atoms in total. The van der Waals surface area contributed by atoms with Crippen molar-refractivity contribution >= 4 is 10.9 Å². The standard InChI is InChI=1S/C12H7N5/c13-7-12-15-8-17(16-12)11-5-6-14-10-4-2-1-3-9(10)11/h1-6,8H. The molecule has 0 aliphatic carbocycles. The lowest BCUT2D eigenvalue weighted by Crippen LogP contribution is -1.97. The molecule has 0 N–H and O–H groups in total. The molecule has 0 aliphatic rings. The molecule has 0 saturated carbocycles. The Kier molecular flexibility index (Phi) is 2.06. The van der Waals surface area contributed by atoms with Crippen LogP contribution in [-0.2, 0) is 0 Å². The Labute approximate surface area is 97.0 Å². The van der Waals surface area contributed by atoms with E-state index in [-0.39, 0.29) is 5.82 Å². The number of fused-ring (bicyclic) bond motifs is 1. The molecule has 5 heteroatoms. The van der Waals surface area contributed by atoms with E-state index in [0.717, 1.165) is 16.6 Å². The third-order valence-electron chi connectivity index (χ3n) is 2.46. The van der Waals surface area contributed by atoms with Crippen LogP contribution in [0.3, 0.4) is 0 Å². The SMILES string of the molecule is N#Cc1ncn(-c2ccnc3ccccc23)n1. The van der Waals surface area contributed by atoms with Gasteiger partial charge in [0, 0.05) is 11.6 Å². The van der Waals surface area contributed by atoms with Gasteiger partial charge in [-0.25, -0.2) is 9.67 Å². The molecular weight excluding hydrogens is 214 g/mol. The van der Waals surface area contributed by atoms with Crippen LogP contribution < -0.4 is 0 Å². The van der Waals surface area contributed by atoms with E-state index in [1.807, 2.05) is 36.4 Å². The van der Waals surface area contributed by atoms with E-state index >= 15 is 0 Å². The molecule has 0 bridgehead atoms. The van der Waals surface area contributed by atoms with Crippen LogP contribution in [0.4, 0.5) is 0 Å². The average Bonchev–Trinajstić information content (AvgIpc) is 2.87. The number of hydrogen-bond donors (Lipinski definition) is 0. The van der Waals surface area contributed by atoms with Gasteiger partial charge in [0.15, 0.2) is 0 Å². The third-order valence-corrected chi connectivity index (χ3v) is 2.46. The highest BCUT2D eigenvalue weighted by molar-refractivity contribution is 5.86. The molecule has 3 rings (SSSR count). The highest BCUT2D eigenvalue weighted by Crippen LogP contribution is 2.18. The minimum absolute atomic E-state index is 0.158. The minimum Gasteiger partial charge on any atom is -0.256 e. The van der Waals surface area contributed by atoms with Gasteiger partial charge >= 0.3 is 0 Å². The lowest BCUT2D eigenvalue weighted by Gasteiger charge is -2.04. The first kappa shape index (κ1) is 9.48. The van der Waals surface area contributed by atoms with Gasteiger partial charge < -0.3 is 0 Å². The number of aromatic nitrogens is 4. The molecule has 2 heterocycles. The number of rotatable bonds is 1. The lowest BCUT2D eigenvalue weighted by atomic mass is 10.2. The van der Waals surface area contributed by atoms with Crippen molar-refractivity contribution in [3.63, 3.8) is 0 Å². The summed E-state index contributed by atoms with van der Waals surface area (Å²) in [5.74, 6) is 0.158. The van der Waals surface area contributed by atoms with Crippen molar-refractivity contribution in [2.24, 2.45) is 0 Å². The van der Waals surface area contributed by atoms with Crippen molar-refractivity contribution in [1.29, 1.82) is 5.26 Å². The molecule has 0 fully saturated rings. The van der Waals surface area contributed by atoms with Gasteiger partial charge in [0.25, 0.3) is 5.82 Å². The highest BCUT2D eigenvalue weighted by Gasteiger charge is 2.05. The molecule has 0 amide bonds. The van der Waals surface area contributed by atoms with E-state index in [1.165, 1.54) is 6.33 Å². The van der Waals surface area contributed by atoms with Crippen LogP contribution >= 0.6 is 0 Å². The molecule has 0 spiro atoms. The fraction of sp³-hybridized carbons (Fsp3) is 0. The van der Waals surface area contributed by atoms with Crippen molar-refractivity contribution < 1.29 is 0 Å². The molecule has 0 unspecified atom stereocenters. The maximum Gasteiger partial charge on any atom is 0.252 e. The van der Waals surface area contributed by atoms with Gasteiger partial charge in [0.05, 0.1) is 11.2 Å². The Balaban J connectivity index is 2.27. The number of hydrogen-bond acceptors (Lipinski definition) is 4. The number of nitrogens with zero attached hydrogens (tertiary/aromatic N) is 5. The fourth-order valence-electron chi connectivity index (χ4n) is 1.71. The molecule has 0 aliphatic heterocycles. The van der Waals surface area contributed by atoms with E-state index in [4.69, 9.17) is 5.26 Å². The summed E-state index contributed by atoms with van der Waals surface area (Å²) < 4.78 is 1.59. The monoisotopic (exact) mass is 221 g/mol. The molecule has 3 aromatic rings. The molecule has 0 radical (unpaired) electrons. The first-order valence-corrected chi connectivity index (χ1v) is 5.04. The van der Waals surface area contributed by atoms with Gasteiger partial charge in [-0.3, -0.25) is 4.98 Å². The molecule has 0 saturated heterocycles. The summed E-state index contributed by atoms with van der Waals surface area (Å²) in [4.78, 5) is 8.16. The van der Waals surface area contributed by atoms with Crippen LogP contribution in [0.15, 0.2) is 42.9 Å². The highest BCUT2D eigenvalue weighted by atomic mass is 15.3. The largest absolute Gasteiger partial charge is 0.256 e. The topological polar surface area (TPSA) is 67.4 Å². The summed E-state index contributed by atoms with van der Waals surface area (Å²) in [5, 5.41) is 13.8. The van der Waals surface area contributed by atoms with Gasteiger partial charge in [-0.1, -0.05) is 18.2 Å². The van der Waals surface area contributed by atoms with Crippen LogP contribution in [0.1, 0.15) is 5.82 Å². The second kappa shape index (κ2) is 3.68. The van der Waals surface area contributed by atoms with Crippen molar-refractivity contribution in [2.45, 2.75) is 0 Å². The Morgan fingerprint density at radius 2 is 2.00 bits per heavy atom. The lowest BCUT2D eigenvalue weighted by molar-refractivity contribution is 0.878.